The average molecular weight is 309 g/mol. The molecule has 0 aromatic heterocycles. The van der Waals surface area contributed by atoms with Crippen LogP contribution >= 0.6 is 0 Å². The molecule has 118 valence electrons. The number of rotatable bonds is 3. The van der Waals surface area contributed by atoms with Crippen LogP contribution in [0.3, 0.4) is 0 Å². The van der Waals surface area contributed by atoms with Gasteiger partial charge in [-0.25, -0.2) is 5.43 Å². The molecule has 2 N–H and O–H groups in total. The largest absolute Gasteiger partial charge is 0.507 e. The van der Waals surface area contributed by atoms with Crippen LogP contribution in [0.1, 0.15) is 27.9 Å². The highest BCUT2D eigenvalue weighted by Crippen LogP contribution is 2.26. The summed E-state index contributed by atoms with van der Waals surface area (Å²) < 4.78 is 0. The lowest BCUT2D eigenvalue weighted by Gasteiger charge is -2.27. The molecule has 1 aliphatic rings. The van der Waals surface area contributed by atoms with Crippen LogP contribution < -0.4 is 10.3 Å². The molecule has 0 atom stereocenters. The molecule has 1 heterocycles. The highest BCUT2D eigenvalue weighted by Gasteiger charge is 2.13. The summed E-state index contributed by atoms with van der Waals surface area (Å²) in [7, 11) is 2.10. The number of amides is 1. The van der Waals surface area contributed by atoms with Crippen molar-refractivity contribution in [3.63, 3.8) is 0 Å². The number of aromatic hydroxyl groups is 1. The Morgan fingerprint density at radius 1 is 1.30 bits per heavy atom. The summed E-state index contributed by atoms with van der Waals surface area (Å²) in [6, 6.07) is 12.5. The van der Waals surface area contributed by atoms with Gasteiger partial charge in [-0.15, -0.1) is 0 Å². The number of hydrogen-bond donors (Lipinski definition) is 2. The lowest BCUT2D eigenvalue weighted by atomic mass is 10.00. The van der Waals surface area contributed by atoms with Gasteiger partial charge in [-0.1, -0.05) is 18.2 Å². The third-order valence-corrected chi connectivity index (χ3v) is 3.98. The van der Waals surface area contributed by atoms with Gasteiger partial charge >= 0.3 is 0 Å². The van der Waals surface area contributed by atoms with E-state index in [0.29, 0.717) is 0 Å². The van der Waals surface area contributed by atoms with E-state index in [1.54, 1.807) is 24.4 Å². The maximum absolute atomic E-state index is 11.9. The highest BCUT2D eigenvalue weighted by atomic mass is 16.3. The molecule has 0 spiro atoms. The van der Waals surface area contributed by atoms with Gasteiger partial charge in [-0.05, 0) is 48.2 Å². The lowest BCUT2D eigenvalue weighted by Crippen LogP contribution is -2.24. The van der Waals surface area contributed by atoms with Crippen molar-refractivity contribution in [2.45, 2.75) is 12.8 Å². The fourth-order valence-electron chi connectivity index (χ4n) is 2.78. The Bertz CT molecular complexity index is 756. The maximum atomic E-state index is 11.9. The first-order valence-corrected chi connectivity index (χ1v) is 7.60. The summed E-state index contributed by atoms with van der Waals surface area (Å²) in [5.74, 6) is -0.492. The van der Waals surface area contributed by atoms with Crippen molar-refractivity contribution in [3.8, 4) is 5.75 Å². The molecule has 5 heteroatoms. The molecular weight excluding hydrogens is 290 g/mol. The first kappa shape index (κ1) is 15.1. The van der Waals surface area contributed by atoms with E-state index < -0.39 is 5.91 Å². The topological polar surface area (TPSA) is 64.9 Å². The first-order chi connectivity index (χ1) is 11.1. The highest BCUT2D eigenvalue weighted by molar-refractivity contribution is 5.97. The van der Waals surface area contributed by atoms with E-state index in [4.69, 9.17) is 0 Å². The third-order valence-electron chi connectivity index (χ3n) is 3.98. The van der Waals surface area contributed by atoms with E-state index in [-0.39, 0.29) is 11.3 Å². The number of nitrogens with one attached hydrogen (secondary N) is 1. The van der Waals surface area contributed by atoms with Gasteiger partial charge in [-0.3, -0.25) is 4.79 Å². The van der Waals surface area contributed by atoms with Crippen LogP contribution in [0.2, 0.25) is 0 Å². The third kappa shape index (κ3) is 3.34. The van der Waals surface area contributed by atoms with Crippen molar-refractivity contribution >= 4 is 17.8 Å². The quantitative estimate of drug-likeness (QED) is 0.676. The summed E-state index contributed by atoms with van der Waals surface area (Å²) in [6.07, 6.45) is 3.83. The molecule has 0 radical (unpaired) electrons. The van der Waals surface area contributed by atoms with Crippen LogP contribution in [0.15, 0.2) is 47.6 Å². The van der Waals surface area contributed by atoms with Gasteiger partial charge < -0.3 is 10.0 Å². The Morgan fingerprint density at radius 2 is 2.13 bits per heavy atom. The molecule has 3 rings (SSSR count). The van der Waals surface area contributed by atoms with Crippen LogP contribution in [0.4, 0.5) is 5.69 Å². The van der Waals surface area contributed by atoms with Crippen LogP contribution in [-0.2, 0) is 6.42 Å². The monoisotopic (exact) mass is 309 g/mol. The van der Waals surface area contributed by atoms with Crippen molar-refractivity contribution in [2.75, 3.05) is 18.5 Å². The molecular formula is C18H19N3O2. The number of anilines is 1. The van der Waals surface area contributed by atoms with Crippen molar-refractivity contribution in [1.29, 1.82) is 0 Å². The molecule has 0 saturated carbocycles. The number of benzene rings is 2. The van der Waals surface area contributed by atoms with Gasteiger partial charge in [0, 0.05) is 19.3 Å². The number of nitrogens with zero attached hydrogens (tertiary/aromatic N) is 2. The van der Waals surface area contributed by atoms with E-state index >= 15 is 0 Å². The van der Waals surface area contributed by atoms with Crippen LogP contribution in [0.25, 0.3) is 0 Å². The summed E-state index contributed by atoms with van der Waals surface area (Å²) in [5.41, 5.74) is 6.14. The summed E-state index contributed by atoms with van der Waals surface area (Å²) in [4.78, 5) is 14.2. The van der Waals surface area contributed by atoms with E-state index in [0.717, 1.165) is 24.9 Å². The average Bonchev–Trinajstić information content (AvgIpc) is 2.55. The second-order valence-corrected chi connectivity index (χ2v) is 5.63. The standard InChI is InChI=1S/C18H19N3O2/c1-21-10-4-5-14-11-13(8-9-16(14)21)12-19-20-18(23)15-6-2-3-7-17(15)22/h2-3,6-9,11-12,22H,4-5,10H2,1H3,(H,20,23). The second-order valence-electron chi connectivity index (χ2n) is 5.63. The smallest absolute Gasteiger partial charge is 0.275 e. The van der Waals surface area contributed by atoms with Gasteiger partial charge in [0.25, 0.3) is 5.91 Å². The zero-order valence-corrected chi connectivity index (χ0v) is 13.0. The number of phenolic OH excluding ortho intramolecular Hbond substituents is 1. The summed E-state index contributed by atoms with van der Waals surface area (Å²) >= 11 is 0. The SMILES string of the molecule is CN1CCCc2cc(C=NNC(=O)c3ccccc3O)ccc21. The van der Waals surface area contributed by atoms with E-state index in [1.165, 1.54) is 17.3 Å². The van der Waals surface area contributed by atoms with Gasteiger partial charge in [0.2, 0.25) is 0 Å². The van der Waals surface area contributed by atoms with Crippen molar-refractivity contribution in [3.05, 3.63) is 59.2 Å². The van der Waals surface area contributed by atoms with Gasteiger partial charge in [-0.2, -0.15) is 5.10 Å². The molecule has 0 bridgehead atoms. The normalized spacial score (nSPS) is 13.9. The predicted molar refractivity (Wildman–Crippen MR) is 91.2 cm³/mol. The van der Waals surface area contributed by atoms with Crippen molar-refractivity contribution < 1.29 is 9.90 Å². The van der Waals surface area contributed by atoms with Gasteiger partial charge in [0.15, 0.2) is 0 Å². The zero-order valence-electron chi connectivity index (χ0n) is 13.0. The molecule has 2 aromatic carbocycles. The van der Waals surface area contributed by atoms with Crippen molar-refractivity contribution in [1.82, 2.24) is 5.43 Å². The molecule has 23 heavy (non-hydrogen) atoms. The summed E-state index contributed by atoms with van der Waals surface area (Å²) in [6.45, 7) is 1.08. The molecule has 1 amide bonds. The Balaban J connectivity index is 1.69. The second kappa shape index (κ2) is 6.52. The van der Waals surface area contributed by atoms with Gasteiger partial charge in [0.1, 0.15) is 5.75 Å². The van der Waals surface area contributed by atoms with E-state index in [2.05, 4.69) is 34.6 Å². The van der Waals surface area contributed by atoms with E-state index in [9.17, 15) is 9.90 Å². The molecule has 5 nitrogen and oxygen atoms in total. The minimum Gasteiger partial charge on any atom is -0.507 e. The Labute approximate surface area is 135 Å². The predicted octanol–water partition coefficient (Wildman–Crippen LogP) is 2.54. The number of fused-ring (bicyclic) bond motifs is 1. The number of carbonyl (C=O) groups is 1. The van der Waals surface area contributed by atoms with Gasteiger partial charge in [0.05, 0.1) is 11.8 Å². The van der Waals surface area contributed by atoms with Crippen LogP contribution in [0.5, 0.6) is 5.75 Å². The number of phenols is 1. The Hall–Kier alpha value is -2.82. The number of hydrogen-bond acceptors (Lipinski definition) is 4. The van der Waals surface area contributed by atoms with Crippen LogP contribution in [0, 0.1) is 0 Å². The van der Waals surface area contributed by atoms with Crippen LogP contribution in [-0.4, -0.2) is 30.8 Å². The maximum Gasteiger partial charge on any atom is 0.275 e. The zero-order chi connectivity index (χ0) is 16.2. The Morgan fingerprint density at radius 3 is 2.96 bits per heavy atom. The number of aryl methyl sites for hydroxylation is 1. The molecule has 0 saturated heterocycles. The summed E-state index contributed by atoms with van der Waals surface area (Å²) in [5, 5.41) is 13.6. The molecule has 1 aliphatic heterocycles. The molecule has 0 fully saturated rings. The molecule has 0 aliphatic carbocycles. The minimum absolute atomic E-state index is 0.0583. The molecule has 0 unspecified atom stereocenters. The lowest BCUT2D eigenvalue weighted by molar-refractivity contribution is 0.0952. The fraction of sp³-hybridized carbons (Fsp3) is 0.222. The minimum atomic E-state index is -0.433. The van der Waals surface area contributed by atoms with E-state index in [1.807, 2.05) is 6.07 Å². The number of hydrazone groups is 1. The molecule has 2 aromatic rings. The van der Waals surface area contributed by atoms with Crippen molar-refractivity contribution in [2.24, 2.45) is 5.10 Å². The number of carbonyl (C=O) groups excluding carboxylic acids is 1. The first-order valence-electron chi connectivity index (χ1n) is 7.60. The number of para-hydroxylation sites is 1. The fourth-order valence-corrected chi connectivity index (χ4v) is 2.78. The Kier molecular flexibility index (Phi) is 4.28.